The van der Waals surface area contributed by atoms with Crippen molar-refractivity contribution in [1.29, 1.82) is 0 Å². The Labute approximate surface area is 218 Å². The lowest BCUT2D eigenvalue weighted by molar-refractivity contribution is -0.136. The number of hydrogen-bond donors (Lipinski definition) is 1. The van der Waals surface area contributed by atoms with Crippen molar-refractivity contribution in [3.05, 3.63) is 47.5 Å². The fourth-order valence-electron chi connectivity index (χ4n) is 5.35. The van der Waals surface area contributed by atoms with E-state index in [9.17, 15) is 9.59 Å². The highest BCUT2D eigenvalue weighted by molar-refractivity contribution is 6.30. The zero-order valence-electron chi connectivity index (χ0n) is 21.5. The number of ether oxygens (including phenoxy) is 1. The van der Waals surface area contributed by atoms with E-state index >= 15 is 0 Å². The Bertz CT molecular complexity index is 1010. The summed E-state index contributed by atoms with van der Waals surface area (Å²) in [6.45, 7) is 9.05. The molecule has 2 heterocycles. The molecule has 1 aromatic heterocycles. The molecule has 1 N–H and O–H groups in total. The van der Waals surface area contributed by atoms with Gasteiger partial charge in [-0.2, -0.15) is 5.10 Å². The molecule has 1 atom stereocenters. The maximum Gasteiger partial charge on any atom is 0.408 e. The van der Waals surface area contributed by atoms with Crippen LogP contribution in [-0.2, 0) is 22.5 Å². The van der Waals surface area contributed by atoms with Crippen molar-refractivity contribution in [2.75, 3.05) is 26.2 Å². The Morgan fingerprint density at radius 3 is 2.36 bits per heavy atom. The van der Waals surface area contributed by atoms with Crippen LogP contribution in [0.25, 0.3) is 0 Å². The Morgan fingerprint density at radius 1 is 1.11 bits per heavy atom. The Balaban J connectivity index is 1.42. The molecule has 2 fully saturated rings. The minimum Gasteiger partial charge on any atom is -0.444 e. The van der Waals surface area contributed by atoms with Gasteiger partial charge >= 0.3 is 6.09 Å². The van der Waals surface area contributed by atoms with Gasteiger partial charge in [0.2, 0.25) is 5.91 Å². The molecule has 196 valence electrons. The van der Waals surface area contributed by atoms with E-state index in [2.05, 4.69) is 20.3 Å². The van der Waals surface area contributed by atoms with E-state index in [1.807, 2.05) is 21.7 Å². The van der Waals surface area contributed by atoms with Crippen molar-refractivity contribution in [2.45, 2.75) is 76.6 Å². The molecule has 0 bridgehead atoms. The summed E-state index contributed by atoms with van der Waals surface area (Å²) in [7, 11) is 0. The molecular formula is C26H37ClN6O3. The van der Waals surface area contributed by atoms with Crippen LogP contribution >= 0.6 is 11.6 Å². The van der Waals surface area contributed by atoms with Gasteiger partial charge in [-0.1, -0.05) is 36.6 Å². The minimum atomic E-state index is -0.719. The Hall–Kier alpha value is -2.65. The molecule has 1 aliphatic carbocycles. The second-order valence-corrected chi connectivity index (χ2v) is 11.3. The second-order valence-electron chi connectivity index (χ2n) is 10.9. The quantitative estimate of drug-likeness (QED) is 0.605. The smallest absolute Gasteiger partial charge is 0.408 e. The topological polar surface area (TPSA) is 92.6 Å². The largest absolute Gasteiger partial charge is 0.444 e. The summed E-state index contributed by atoms with van der Waals surface area (Å²) >= 11 is 6.03. The van der Waals surface area contributed by atoms with Gasteiger partial charge in [0.05, 0.1) is 6.54 Å². The number of alkyl carbamates (subject to hydrolysis) is 1. The molecular weight excluding hydrogens is 480 g/mol. The first-order valence-corrected chi connectivity index (χ1v) is 13.1. The van der Waals surface area contributed by atoms with E-state index in [1.54, 1.807) is 45.6 Å². The van der Waals surface area contributed by atoms with E-state index in [-0.39, 0.29) is 11.4 Å². The van der Waals surface area contributed by atoms with Gasteiger partial charge in [0.25, 0.3) is 0 Å². The number of aromatic nitrogens is 3. The van der Waals surface area contributed by atoms with Crippen molar-refractivity contribution in [3.63, 3.8) is 0 Å². The van der Waals surface area contributed by atoms with E-state index < -0.39 is 17.7 Å². The molecule has 0 spiro atoms. The number of piperazine rings is 1. The minimum absolute atomic E-state index is 0.0559. The molecule has 2 amide bonds. The third-order valence-electron chi connectivity index (χ3n) is 7.06. The molecule has 10 heteroatoms. The van der Waals surface area contributed by atoms with Crippen LogP contribution in [-0.4, -0.2) is 79.9 Å². The predicted octanol–water partition coefficient (Wildman–Crippen LogP) is 3.52. The zero-order valence-corrected chi connectivity index (χ0v) is 22.2. The molecule has 2 aliphatic rings. The number of hydrogen-bond acceptors (Lipinski definition) is 6. The zero-order chi connectivity index (χ0) is 25.8. The number of nitrogens with one attached hydrogen (secondary N) is 1. The van der Waals surface area contributed by atoms with Crippen LogP contribution in [0, 0.1) is 0 Å². The predicted molar refractivity (Wildman–Crippen MR) is 138 cm³/mol. The van der Waals surface area contributed by atoms with Crippen LogP contribution in [0.2, 0.25) is 5.02 Å². The van der Waals surface area contributed by atoms with Crippen LogP contribution in [0.5, 0.6) is 0 Å². The normalized spacial score (nSPS) is 19.2. The number of amides is 2. The van der Waals surface area contributed by atoms with Gasteiger partial charge in [0, 0.05) is 43.2 Å². The van der Waals surface area contributed by atoms with Crippen LogP contribution in [0.4, 0.5) is 4.79 Å². The van der Waals surface area contributed by atoms with Gasteiger partial charge in [0.1, 0.15) is 24.3 Å². The summed E-state index contributed by atoms with van der Waals surface area (Å²) in [6.07, 6.45) is 7.80. The first-order valence-electron chi connectivity index (χ1n) is 12.7. The molecule has 9 nitrogen and oxygen atoms in total. The van der Waals surface area contributed by atoms with Crippen LogP contribution < -0.4 is 5.32 Å². The highest BCUT2D eigenvalue weighted by Gasteiger charge is 2.42. The summed E-state index contributed by atoms with van der Waals surface area (Å²) in [5, 5.41) is 7.79. The van der Waals surface area contributed by atoms with Crippen LogP contribution in [0.3, 0.4) is 0 Å². The van der Waals surface area contributed by atoms with Gasteiger partial charge in [-0.25, -0.2) is 9.78 Å². The first-order chi connectivity index (χ1) is 17.1. The average Bonchev–Trinajstić information content (AvgIpc) is 3.52. The van der Waals surface area contributed by atoms with Gasteiger partial charge in [-0.15, -0.1) is 0 Å². The SMILES string of the molecule is CC(C)(C)OC(=O)N[C@H](Cc1ccc(Cl)cc1)C(=O)N1CCN(C2(Cn3cncn3)CCCC2)CC1. The summed E-state index contributed by atoms with van der Waals surface area (Å²) in [4.78, 5) is 34.7. The van der Waals surface area contributed by atoms with Crippen molar-refractivity contribution in [1.82, 2.24) is 29.9 Å². The lowest BCUT2D eigenvalue weighted by atomic mass is 9.93. The van der Waals surface area contributed by atoms with E-state index in [1.165, 1.54) is 12.8 Å². The van der Waals surface area contributed by atoms with E-state index in [0.29, 0.717) is 24.5 Å². The maximum atomic E-state index is 13.6. The molecule has 0 unspecified atom stereocenters. The van der Waals surface area contributed by atoms with Crippen molar-refractivity contribution in [3.8, 4) is 0 Å². The Morgan fingerprint density at radius 2 is 1.78 bits per heavy atom. The number of carbonyl (C=O) groups is 2. The lowest BCUT2D eigenvalue weighted by Gasteiger charge is -2.46. The first kappa shape index (κ1) is 26.4. The Kier molecular flexibility index (Phi) is 8.20. The van der Waals surface area contributed by atoms with Gasteiger partial charge < -0.3 is 15.0 Å². The fourth-order valence-corrected chi connectivity index (χ4v) is 5.48. The van der Waals surface area contributed by atoms with Crippen LogP contribution in [0.15, 0.2) is 36.9 Å². The molecule has 1 aliphatic heterocycles. The average molecular weight is 517 g/mol. The summed E-state index contributed by atoms with van der Waals surface area (Å²) in [5.74, 6) is -0.0905. The second kappa shape index (κ2) is 11.2. The number of rotatable bonds is 7. The third kappa shape index (κ3) is 6.76. The number of carbonyl (C=O) groups excluding carboxylic acids is 2. The number of nitrogens with zero attached hydrogens (tertiary/aromatic N) is 5. The summed E-state index contributed by atoms with van der Waals surface area (Å²) in [5.41, 5.74) is 0.328. The van der Waals surface area contributed by atoms with Crippen molar-refractivity contribution < 1.29 is 14.3 Å². The van der Waals surface area contributed by atoms with Crippen LogP contribution in [0.1, 0.15) is 52.0 Å². The molecule has 36 heavy (non-hydrogen) atoms. The molecule has 1 saturated carbocycles. The lowest BCUT2D eigenvalue weighted by Crippen LogP contribution is -2.61. The number of benzene rings is 1. The fraction of sp³-hybridized carbons (Fsp3) is 0.615. The van der Waals surface area contributed by atoms with E-state index in [4.69, 9.17) is 16.3 Å². The van der Waals surface area contributed by atoms with Crippen molar-refractivity contribution in [2.24, 2.45) is 0 Å². The monoisotopic (exact) mass is 516 g/mol. The highest BCUT2D eigenvalue weighted by atomic mass is 35.5. The summed E-state index contributed by atoms with van der Waals surface area (Å²) < 4.78 is 7.37. The van der Waals surface area contributed by atoms with E-state index in [0.717, 1.165) is 38.0 Å². The maximum absolute atomic E-state index is 13.6. The highest BCUT2D eigenvalue weighted by Crippen LogP contribution is 2.37. The summed E-state index contributed by atoms with van der Waals surface area (Å²) in [6, 6.07) is 6.63. The molecule has 1 saturated heterocycles. The standard InChI is InChI=1S/C26H37ClN6O3/c1-25(2,3)36-24(35)30-22(16-20-6-8-21(27)9-7-20)23(34)31-12-14-32(15-13-31)26(10-4-5-11-26)17-33-19-28-18-29-33/h6-9,18-19,22H,4-5,10-17H2,1-3H3,(H,30,35)/t22-/m1/s1. The van der Waals surface area contributed by atoms with Gasteiger partial charge in [-0.3, -0.25) is 14.4 Å². The molecule has 2 aromatic rings. The number of halogens is 1. The molecule has 1 aromatic carbocycles. The van der Waals surface area contributed by atoms with Gasteiger partial charge in [0.15, 0.2) is 0 Å². The molecule has 0 radical (unpaired) electrons. The van der Waals surface area contributed by atoms with Crippen molar-refractivity contribution >= 4 is 23.6 Å². The van der Waals surface area contributed by atoms with Gasteiger partial charge in [-0.05, 0) is 51.3 Å². The third-order valence-corrected chi connectivity index (χ3v) is 7.31. The molecule has 4 rings (SSSR count).